The molecule has 0 saturated carbocycles. The monoisotopic (exact) mass is 499 g/mol. The van der Waals surface area contributed by atoms with E-state index in [1.54, 1.807) is 6.92 Å². The van der Waals surface area contributed by atoms with Crippen LogP contribution in [0.5, 0.6) is 0 Å². The maximum Gasteiger partial charge on any atom is 0.0877 e. The molecule has 0 saturated heterocycles. The van der Waals surface area contributed by atoms with Gasteiger partial charge in [0.1, 0.15) is 0 Å². The first-order chi connectivity index (χ1) is 11.1. The predicted octanol–water partition coefficient (Wildman–Crippen LogP) is 4.53. The molecule has 0 fully saturated rings. The molecule has 0 amide bonds. The summed E-state index contributed by atoms with van der Waals surface area (Å²) in [5, 5.41) is 19.3. The number of pyridine rings is 1. The van der Waals surface area contributed by atoms with Crippen molar-refractivity contribution in [1.82, 2.24) is 4.98 Å². The zero-order chi connectivity index (χ0) is 16.7. The summed E-state index contributed by atoms with van der Waals surface area (Å²) < 4.78 is 0. The van der Waals surface area contributed by atoms with Crippen molar-refractivity contribution in [1.29, 1.82) is 0 Å². The van der Waals surface area contributed by atoms with Crippen LogP contribution in [0, 0.1) is 6.07 Å². The Labute approximate surface area is 156 Å². The molecule has 0 spiro atoms. The van der Waals surface area contributed by atoms with Crippen LogP contribution in [0.3, 0.4) is 0 Å². The van der Waals surface area contributed by atoms with E-state index in [1.807, 2.05) is 48.7 Å². The van der Waals surface area contributed by atoms with Crippen LogP contribution >= 0.6 is 0 Å². The molecule has 1 radical (unpaired) electrons. The second-order valence-corrected chi connectivity index (χ2v) is 5.21. The molecule has 0 aliphatic carbocycles. The van der Waals surface area contributed by atoms with E-state index in [4.69, 9.17) is 10.2 Å². The largest absolute Gasteiger partial charge is 0.513 e. The van der Waals surface area contributed by atoms with Crippen molar-refractivity contribution in [3.8, 4) is 11.3 Å². The molecule has 1 heterocycles. The summed E-state index contributed by atoms with van der Waals surface area (Å²) in [6.07, 6.45) is 2.67. The number of hydrogen-bond acceptors (Lipinski definition) is 3. The van der Waals surface area contributed by atoms with Gasteiger partial charge < -0.3 is 15.2 Å². The van der Waals surface area contributed by atoms with Gasteiger partial charge in [-0.25, -0.2) is 0 Å². The Hall–Kier alpha value is -2.00. The first kappa shape index (κ1) is 20.0. The first-order valence-corrected chi connectivity index (χ1v) is 7.44. The van der Waals surface area contributed by atoms with Crippen molar-refractivity contribution in [2.75, 3.05) is 0 Å². The van der Waals surface area contributed by atoms with Crippen molar-refractivity contribution in [3.05, 3.63) is 78.7 Å². The second kappa shape index (κ2) is 9.99. The third-order valence-corrected chi connectivity index (χ3v) is 3.12. The maximum atomic E-state index is 8.49. The Bertz CT molecular complexity index is 777. The summed E-state index contributed by atoms with van der Waals surface area (Å²) in [5.74, 6) is 0.162. The molecule has 1 aromatic heterocycles. The van der Waals surface area contributed by atoms with Crippen LogP contribution < -0.4 is 0 Å². The van der Waals surface area contributed by atoms with Crippen molar-refractivity contribution in [2.24, 2.45) is 0 Å². The predicted molar refractivity (Wildman–Crippen MR) is 94.1 cm³/mol. The molecule has 3 rings (SSSR count). The van der Waals surface area contributed by atoms with Crippen molar-refractivity contribution in [2.45, 2.75) is 20.0 Å². The Morgan fingerprint density at radius 2 is 1.83 bits per heavy atom. The minimum atomic E-state index is -0.537. The third-order valence-electron chi connectivity index (χ3n) is 3.12. The summed E-state index contributed by atoms with van der Waals surface area (Å²) in [7, 11) is 0. The molecule has 4 heteroatoms. The zero-order valence-corrected chi connectivity index (χ0v) is 16.0. The minimum Gasteiger partial charge on any atom is -0.513 e. The fourth-order valence-electron chi connectivity index (χ4n) is 2.22. The normalized spacial score (nSPS) is 11.9. The van der Waals surface area contributed by atoms with Gasteiger partial charge in [0.05, 0.1) is 11.9 Å². The van der Waals surface area contributed by atoms with Crippen molar-refractivity contribution < 1.29 is 30.3 Å². The van der Waals surface area contributed by atoms with E-state index in [2.05, 4.69) is 23.2 Å². The molecule has 2 aromatic carbocycles. The SMILES string of the molecule is C/C(O)=C/C(C)O.[Ir].[c-]1ccccc1-c1nccc2ccccc12. The number of aliphatic hydroxyl groups excluding tert-OH is 2. The fraction of sp³-hybridized carbons (Fsp3) is 0.150. The molecule has 127 valence electrons. The van der Waals surface area contributed by atoms with E-state index < -0.39 is 6.10 Å². The number of hydrogen-bond donors (Lipinski definition) is 2. The Balaban J connectivity index is 0.000000312. The van der Waals surface area contributed by atoms with Crippen LogP contribution in [-0.4, -0.2) is 21.3 Å². The molecule has 3 aromatic rings. The number of aromatic nitrogens is 1. The van der Waals surface area contributed by atoms with Gasteiger partial charge >= 0.3 is 0 Å². The van der Waals surface area contributed by atoms with Gasteiger partial charge in [-0.15, -0.1) is 35.9 Å². The molecular formula is C20H20IrNO2-. The molecule has 1 unspecified atom stereocenters. The Morgan fingerprint density at radius 1 is 1.12 bits per heavy atom. The van der Waals surface area contributed by atoms with Crippen LogP contribution in [0.4, 0.5) is 0 Å². The molecule has 24 heavy (non-hydrogen) atoms. The number of rotatable bonds is 2. The maximum absolute atomic E-state index is 8.49. The molecule has 0 bridgehead atoms. The van der Waals surface area contributed by atoms with Crippen LogP contribution in [0.25, 0.3) is 22.0 Å². The van der Waals surface area contributed by atoms with Crippen LogP contribution in [0.2, 0.25) is 0 Å². The molecule has 3 nitrogen and oxygen atoms in total. The van der Waals surface area contributed by atoms with Gasteiger partial charge in [0.2, 0.25) is 0 Å². The van der Waals surface area contributed by atoms with Crippen LogP contribution in [0.15, 0.2) is 72.6 Å². The van der Waals surface area contributed by atoms with Gasteiger partial charge in [-0.1, -0.05) is 24.3 Å². The average Bonchev–Trinajstić information content (AvgIpc) is 2.54. The Kier molecular flexibility index (Phi) is 8.34. The zero-order valence-electron chi connectivity index (χ0n) is 13.6. The number of nitrogens with zero attached hydrogens (tertiary/aromatic N) is 1. The van der Waals surface area contributed by atoms with Gasteiger partial charge in [0.15, 0.2) is 0 Å². The van der Waals surface area contributed by atoms with Gasteiger partial charge in [-0.3, -0.25) is 0 Å². The van der Waals surface area contributed by atoms with E-state index in [-0.39, 0.29) is 25.9 Å². The fourth-order valence-corrected chi connectivity index (χ4v) is 2.22. The summed E-state index contributed by atoms with van der Waals surface area (Å²) in [4.78, 5) is 4.45. The van der Waals surface area contributed by atoms with E-state index in [1.165, 1.54) is 23.8 Å². The smallest absolute Gasteiger partial charge is 0.0877 e. The summed E-state index contributed by atoms with van der Waals surface area (Å²) in [6.45, 7) is 3.10. The number of benzene rings is 2. The van der Waals surface area contributed by atoms with Crippen LogP contribution in [-0.2, 0) is 20.1 Å². The van der Waals surface area contributed by atoms with E-state index >= 15 is 0 Å². The van der Waals surface area contributed by atoms with Crippen molar-refractivity contribution in [3.63, 3.8) is 0 Å². The van der Waals surface area contributed by atoms with Crippen LogP contribution in [0.1, 0.15) is 13.8 Å². The van der Waals surface area contributed by atoms with Gasteiger partial charge in [0.25, 0.3) is 0 Å². The number of fused-ring (bicyclic) bond motifs is 1. The molecule has 0 aliphatic heterocycles. The topological polar surface area (TPSA) is 53.4 Å². The van der Waals surface area contributed by atoms with Crippen molar-refractivity contribution >= 4 is 10.8 Å². The second-order valence-electron chi connectivity index (χ2n) is 5.21. The first-order valence-electron chi connectivity index (χ1n) is 7.44. The quantitative estimate of drug-likeness (QED) is 0.403. The summed E-state index contributed by atoms with van der Waals surface area (Å²) in [5.41, 5.74) is 2.04. The summed E-state index contributed by atoms with van der Waals surface area (Å²) in [6, 6.07) is 21.4. The van der Waals surface area contributed by atoms with Gasteiger partial charge in [-0.05, 0) is 42.5 Å². The third kappa shape index (κ3) is 5.89. The standard InChI is InChI=1S/C15H10N.C5H10O2.Ir/c1-2-7-13(8-3-1)15-14-9-5-4-6-12(14)10-11-16-15;1-4(6)3-5(2)7;/h1-7,9-11H;3-4,6-7H,1-2H3;/q-1;;/b;5-3-;. The molecule has 0 aliphatic rings. The molecule has 2 N–H and O–H groups in total. The Morgan fingerprint density at radius 3 is 2.42 bits per heavy atom. The average molecular weight is 499 g/mol. The molecule has 1 atom stereocenters. The molecular weight excluding hydrogens is 478 g/mol. The minimum absolute atomic E-state index is 0. The van der Waals surface area contributed by atoms with Gasteiger partial charge in [0, 0.05) is 26.3 Å². The number of aliphatic hydroxyl groups is 2. The summed E-state index contributed by atoms with van der Waals surface area (Å²) >= 11 is 0. The number of allylic oxidation sites excluding steroid dienone is 1. The van der Waals surface area contributed by atoms with Gasteiger partial charge in [-0.2, -0.15) is 0 Å². The van der Waals surface area contributed by atoms with E-state index in [9.17, 15) is 0 Å². The van der Waals surface area contributed by atoms with E-state index in [0.717, 1.165) is 11.3 Å². The van der Waals surface area contributed by atoms with E-state index in [0.29, 0.717) is 0 Å².